The topological polar surface area (TPSA) is 63.2 Å². The molecule has 0 saturated carbocycles. The second-order valence-corrected chi connectivity index (χ2v) is 2.72. The van der Waals surface area contributed by atoms with E-state index in [0.29, 0.717) is 0 Å². The summed E-state index contributed by atoms with van der Waals surface area (Å²) in [6.07, 6.45) is 3.28. The van der Waals surface area contributed by atoms with Crippen LogP contribution >= 0.6 is 0 Å². The van der Waals surface area contributed by atoms with Gasteiger partial charge in [-0.05, 0) is 6.92 Å². The van der Waals surface area contributed by atoms with E-state index in [1.165, 1.54) is 0 Å². The average Bonchev–Trinajstić information content (AvgIpc) is 1.25. The first kappa shape index (κ1) is 16.2. The number of hydrogen-bond acceptors (Lipinski definition) is 3. The van der Waals surface area contributed by atoms with Crippen LogP contribution in [0.15, 0.2) is 0 Å². The summed E-state index contributed by atoms with van der Waals surface area (Å²) in [5.41, 5.74) is 0. The van der Waals surface area contributed by atoms with E-state index in [4.69, 9.17) is 9.90 Å². The molecule has 0 aliphatic carbocycles. The average molecular weight is 144 g/mol. The predicted molar refractivity (Wildman–Crippen MR) is 30.7 cm³/mol. The van der Waals surface area contributed by atoms with Gasteiger partial charge < -0.3 is 14.5 Å². The zero-order valence-electron chi connectivity index (χ0n) is 6.13. The van der Waals surface area contributed by atoms with Gasteiger partial charge in [-0.15, -0.1) is 0 Å². The van der Waals surface area contributed by atoms with Crippen LogP contribution in [0, 0.1) is 0 Å². The van der Waals surface area contributed by atoms with E-state index in [-0.39, 0.29) is 18.9 Å². The number of carbonyl (C=O) groups is 1. The van der Waals surface area contributed by atoms with Gasteiger partial charge in [-0.3, -0.25) is 0 Å². The van der Waals surface area contributed by atoms with Crippen molar-refractivity contribution < 1.29 is 33.3 Å². The van der Waals surface area contributed by atoms with Gasteiger partial charge in [-0.2, -0.15) is 0 Å². The zero-order valence-corrected chi connectivity index (χ0v) is 6.95. The number of carboxylic acids is 1. The molecule has 0 rings (SSSR count). The Hall–Kier alpha value is 0.377. The maximum atomic E-state index is 9.56. The van der Waals surface area contributed by atoms with Gasteiger partial charge in [0.2, 0.25) is 0 Å². The maximum absolute atomic E-state index is 9.56. The molecule has 50 valence electrons. The third-order valence-electron chi connectivity index (χ3n) is 0. The fourth-order valence-corrected chi connectivity index (χ4v) is 0. The summed E-state index contributed by atoms with van der Waals surface area (Å²) >= 11 is -0.611. The van der Waals surface area contributed by atoms with Gasteiger partial charge in [-0.25, -0.2) is 0 Å². The molecule has 0 radical (unpaired) electrons. The first-order valence-corrected chi connectivity index (χ1v) is 3.86. The monoisotopic (exact) mass is 144 g/mol. The van der Waals surface area contributed by atoms with Gasteiger partial charge in [-0.1, -0.05) is 11.2 Å². The van der Waals surface area contributed by atoms with Gasteiger partial charge in [0.15, 0.2) is 0 Å². The molecule has 0 amide bonds. The van der Waals surface area contributed by atoms with Crippen molar-refractivity contribution >= 4 is 17.1 Å². The molecule has 0 N–H and O–H groups in total. The standard InChI is InChI=1S/C2H4O2.C2H6OS.Li/c1-2(3)4;1-4(2)3;/h1H3,(H,3,4);1-2H3;/q;;+1/p-1. The first-order valence-electron chi connectivity index (χ1n) is 1.89. The largest absolute Gasteiger partial charge is 1.00 e. The van der Waals surface area contributed by atoms with Gasteiger partial charge in [0, 0.05) is 5.97 Å². The Labute approximate surface area is 70.2 Å². The van der Waals surface area contributed by atoms with E-state index in [0.717, 1.165) is 6.92 Å². The third kappa shape index (κ3) is 2390. The van der Waals surface area contributed by atoms with Crippen LogP contribution in [-0.2, 0) is 16.0 Å². The minimum absolute atomic E-state index is 0. The molecule has 0 heterocycles. The molecule has 0 fully saturated rings. The van der Waals surface area contributed by atoms with Crippen LogP contribution < -0.4 is 24.0 Å². The Morgan fingerprint density at radius 3 is 1.44 bits per heavy atom. The SMILES string of the molecule is CC(=O)[O-].C[S+](C)[O-].[Li+]. The van der Waals surface area contributed by atoms with E-state index in [1.807, 2.05) is 0 Å². The number of carbonyl (C=O) groups excluding carboxylic acids is 1. The molecule has 0 aliphatic rings. The van der Waals surface area contributed by atoms with E-state index in [9.17, 15) is 4.55 Å². The van der Waals surface area contributed by atoms with Gasteiger partial charge in [0.25, 0.3) is 0 Å². The van der Waals surface area contributed by atoms with Crippen LogP contribution in [0.5, 0.6) is 0 Å². The zero-order chi connectivity index (χ0) is 7.15. The summed E-state index contributed by atoms with van der Waals surface area (Å²) in [5.74, 6) is -1.08. The number of aliphatic carboxylic acids is 1. The molecule has 5 heteroatoms. The Morgan fingerprint density at radius 1 is 1.44 bits per heavy atom. The molecule has 0 saturated heterocycles. The fraction of sp³-hybridized carbons (Fsp3) is 0.750. The second kappa shape index (κ2) is 11.2. The van der Waals surface area contributed by atoms with Crippen LogP contribution in [0.25, 0.3) is 0 Å². The Kier molecular flexibility index (Phi) is 20.2. The molecule has 9 heavy (non-hydrogen) atoms. The van der Waals surface area contributed by atoms with Crippen molar-refractivity contribution in [1.29, 1.82) is 0 Å². The van der Waals surface area contributed by atoms with E-state index >= 15 is 0 Å². The quantitative estimate of drug-likeness (QED) is 0.255. The van der Waals surface area contributed by atoms with Crippen LogP contribution in [0.4, 0.5) is 0 Å². The van der Waals surface area contributed by atoms with Crippen molar-refractivity contribution in [3.8, 4) is 0 Å². The predicted octanol–water partition coefficient (Wildman–Crippen LogP) is -4.25. The number of carboxylic acid groups (broad SMARTS) is 1. The van der Waals surface area contributed by atoms with E-state index in [2.05, 4.69) is 0 Å². The maximum Gasteiger partial charge on any atom is 1.00 e. The molecule has 3 nitrogen and oxygen atoms in total. The van der Waals surface area contributed by atoms with Crippen molar-refractivity contribution in [1.82, 2.24) is 0 Å². The summed E-state index contributed by atoms with van der Waals surface area (Å²) in [7, 11) is 0. The van der Waals surface area contributed by atoms with Crippen molar-refractivity contribution in [2.24, 2.45) is 0 Å². The van der Waals surface area contributed by atoms with Crippen LogP contribution in [-0.4, -0.2) is 23.0 Å². The number of hydrogen-bond donors (Lipinski definition) is 0. The van der Waals surface area contributed by atoms with Crippen molar-refractivity contribution in [2.45, 2.75) is 6.92 Å². The molecule has 0 aliphatic heterocycles. The van der Waals surface area contributed by atoms with Crippen molar-refractivity contribution in [3.05, 3.63) is 0 Å². The molecule has 0 aromatic heterocycles. The molecular formula is C4H9LiO3S. The molecule has 0 spiro atoms. The van der Waals surface area contributed by atoms with Crippen LogP contribution in [0.1, 0.15) is 6.92 Å². The molecule has 0 bridgehead atoms. The normalized spacial score (nSPS) is 6.78. The number of rotatable bonds is 0. The van der Waals surface area contributed by atoms with E-state index in [1.54, 1.807) is 12.5 Å². The Bertz CT molecular complexity index is 60.1. The van der Waals surface area contributed by atoms with Gasteiger partial charge >= 0.3 is 18.9 Å². The van der Waals surface area contributed by atoms with Crippen LogP contribution in [0.3, 0.4) is 0 Å². The van der Waals surface area contributed by atoms with E-state index < -0.39 is 17.1 Å². The minimum atomic E-state index is -1.08. The summed E-state index contributed by atoms with van der Waals surface area (Å²) in [6, 6.07) is 0. The summed E-state index contributed by atoms with van der Waals surface area (Å²) < 4.78 is 9.56. The molecule has 0 aromatic carbocycles. The van der Waals surface area contributed by atoms with Gasteiger partial charge in [0.1, 0.15) is 0 Å². The van der Waals surface area contributed by atoms with Crippen LogP contribution in [0.2, 0.25) is 0 Å². The van der Waals surface area contributed by atoms with Crippen molar-refractivity contribution in [2.75, 3.05) is 12.5 Å². The van der Waals surface area contributed by atoms with Gasteiger partial charge in [0.05, 0.1) is 12.5 Å². The first-order chi connectivity index (χ1) is 3.46. The summed E-state index contributed by atoms with van der Waals surface area (Å²) in [5, 5.41) is 8.89. The fourth-order valence-electron chi connectivity index (χ4n) is 0. The smallest absolute Gasteiger partial charge is 0.617 e. The molecular weight excluding hydrogens is 135 g/mol. The minimum Gasteiger partial charge on any atom is -0.617 e. The molecule has 0 atom stereocenters. The second-order valence-electron chi connectivity index (χ2n) is 1.23. The Balaban J connectivity index is -0.0000000720. The third-order valence-corrected chi connectivity index (χ3v) is 0. The molecule has 0 unspecified atom stereocenters. The molecule has 0 aromatic rings. The van der Waals surface area contributed by atoms with Crippen molar-refractivity contribution in [3.63, 3.8) is 0 Å². The Morgan fingerprint density at radius 2 is 1.44 bits per heavy atom. The summed E-state index contributed by atoms with van der Waals surface area (Å²) in [6.45, 7) is 0.972. The summed E-state index contributed by atoms with van der Waals surface area (Å²) in [4.78, 5) is 8.89.